The van der Waals surface area contributed by atoms with Gasteiger partial charge in [0.25, 0.3) is 0 Å². The number of rotatable bonds is 3. The van der Waals surface area contributed by atoms with Crippen molar-refractivity contribution >= 4 is 29.2 Å². The zero-order chi connectivity index (χ0) is 11.4. The Kier molecular flexibility index (Phi) is 4.18. The van der Waals surface area contributed by atoms with Gasteiger partial charge in [0.1, 0.15) is 6.61 Å². The quantitative estimate of drug-likeness (QED) is 0.600. The monoisotopic (exact) mass is 244 g/mol. The summed E-state index contributed by atoms with van der Waals surface area (Å²) in [5.74, 6) is -0.439. The summed E-state index contributed by atoms with van der Waals surface area (Å²) < 4.78 is 4.94. The predicted molar refractivity (Wildman–Crippen MR) is 61.1 cm³/mol. The molecule has 0 radical (unpaired) electrons. The minimum absolute atomic E-state index is 0.102. The fourth-order valence-corrected chi connectivity index (χ4v) is 1.29. The highest BCUT2D eigenvalue weighted by Crippen LogP contribution is 2.21. The second kappa shape index (κ2) is 5.19. The normalized spacial score (nSPS) is 9.80. The van der Waals surface area contributed by atoms with Crippen molar-refractivity contribution in [2.24, 2.45) is 0 Å². The Balaban J connectivity index is 2.69. The van der Waals surface area contributed by atoms with Gasteiger partial charge in [0.05, 0.1) is 0 Å². The zero-order valence-corrected chi connectivity index (χ0v) is 9.73. The standard InChI is InChI=1S/C11H10Cl2O2/c1-7(2)11(14)15-6-8-5-9(12)3-4-10(8)13/h3-5H,1,6H2,2H3. The van der Waals surface area contributed by atoms with Gasteiger partial charge in [0.2, 0.25) is 0 Å². The number of hydrogen-bond acceptors (Lipinski definition) is 2. The van der Waals surface area contributed by atoms with Gasteiger partial charge >= 0.3 is 5.97 Å². The molecule has 1 aromatic rings. The second-order valence-corrected chi connectivity index (χ2v) is 3.94. The highest BCUT2D eigenvalue weighted by atomic mass is 35.5. The van der Waals surface area contributed by atoms with E-state index in [0.29, 0.717) is 21.2 Å². The second-order valence-electron chi connectivity index (χ2n) is 3.09. The number of halogens is 2. The van der Waals surface area contributed by atoms with Crippen LogP contribution in [0.2, 0.25) is 10.0 Å². The summed E-state index contributed by atoms with van der Waals surface area (Å²) >= 11 is 11.7. The summed E-state index contributed by atoms with van der Waals surface area (Å²) in [6.07, 6.45) is 0. The van der Waals surface area contributed by atoms with E-state index in [1.54, 1.807) is 25.1 Å². The lowest BCUT2D eigenvalue weighted by Crippen LogP contribution is -2.05. The summed E-state index contributed by atoms with van der Waals surface area (Å²) in [6.45, 7) is 5.16. The molecule has 0 aliphatic heterocycles. The third-order valence-electron chi connectivity index (χ3n) is 1.71. The van der Waals surface area contributed by atoms with Crippen molar-refractivity contribution in [3.63, 3.8) is 0 Å². The zero-order valence-electron chi connectivity index (χ0n) is 8.22. The molecular formula is C11H10Cl2O2. The van der Waals surface area contributed by atoms with Crippen LogP contribution in [0.4, 0.5) is 0 Å². The van der Waals surface area contributed by atoms with Crippen LogP contribution in [0.5, 0.6) is 0 Å². The van der Waals surface area contributed by atoms with Crippen molar-refractivity contribution in [2.75, 3.05) is 0 Å². The van der Waals surface area contributed by atoms with E-state index in [-0.39, 0.29) is 6.61 Å². The molecule has 4 heteroatoms. The van der Waals surface area contributed by atoms with E-state index in [0.717, 1.165) is 0 Å². The number of hydrogen-bond donors (Lipinski definition) is 0. The molecule has 0 fully saturated rings. The Hall–Kier alpha value is -0.990. The smallest absolute Gasteiger partial charge is 0.333 e. The Bertz CT molecular complexity index is 400. The fraction of sp³-hybridized carbons (Fsp3) is 0.182. The molecule has 0 heterocycles. The first-order valence-corrected chi connectivity index (χ1v) is 5.03. The van der Waals surface area contributed by atoms with E-state index >= 15 is 0 Å². The molecule has 0 aliphatic carbocycles. The van der Waals surface area contributed by atoms with Crippen LogP contribution in [0.1, 0.15) is 12.5 Å². The summed E-state index contributed by atoms with van der Waals surface area (Å²) in [6, 6.07) is 5.00. The molecule has 0 amide bonds. The Labute approximate surface area is 98.4 Å². The third-order valence-corrected chi connectivity index (χ3v) is 2.32. The molecule has 0 unspecified atom stereocenters. The lowest BCUT2D eigenvalue weighted by molar-refractivity contribution is -0.140. The minimum Gasteiger partial charge on any atom is -0.457 e. The van der Waals surface area contributed by atoms with Crippen molar-refractivity contribution in [1.82, 2.24) is 0 Å². The molecule has 80 valence electrons. The maximum absolute atomic E-state index is 11.1. The van der Waals surface area contributed by atoms with E-state index in [1.165, 1.54) is 0 Å². The van der Waals surface area contributed by atoms with Gasteiger partial charge in [-0.2, -0.15) is 0 Å². The first-order chi connectivity index (χ1) is 7.00. The van der Waals surface area contributed by atoms with E-state index in [1.807, 2.05) is 0 Å². The summed E-state index contributed by atoms with van der Waals surface area (Å²) in [5, 5.41) is 1.08. The molecule has 1 aromatic carbocycles. The Morgan fingerprint density at radius 2 is 2.13 bits per heavy atom. The molecular weight excluding hydrogens is 235 g/mol. The van der Waals surface area contributed by atoms with Crippen molar-refractivity contribution in [2.45, 2.75) is 13.5 Å². The average Bonchev–Trinajstić information content (AvgIpc) is 2.18. The molecule has 2 nitrogen and oxygen atoms in total. The summed E-state index contributed by atoms with van der Waals surface area (Å²) in [7, 11) is 0. The van der Waals surface area contributed by atoms with Crippen LogP contribution < -0.4 is 0 Å². The van der Waals surface area contributed by atoms with Crippen molar-refractivity contribution < 1.29 is 9.53 Å². The summed E-state index contributed by atoms with van der Waals surface area (Å²) in [5.41, 5.74) is 1.03. The molecule has 15 heavy (non-hydrogen) atoms. The number of benzene rings is 1. The van der Waals surface area contributed by atoms with Crippen LogP contribution in [0.15, 0.2) is 30.4 Å². The van der Waals surface area contributed by atoms with Crippen LogP contribution >= 0.6 is 23.2 Å². The maximum Gasteiger partial charge on any atom is 0.333 e. The van der Waals surface area contributed by atoms with Crippen molar-refractivity contribution in [3.8, 4) is 0 Å². The molecule has 0 spiro atoms. The van der Waals surface area contributed by atoms with Crippen LogP contribution in [-0.4, -0.2) is 5.97 Å². The Morgan fingerprint density at radius 3 is 2.73 bits per heavy atom. The van der Waals surface area contributed by atoms with E-state index in [4.69, 9.17) is 27.9 Å². The van der Waals surface area contributed by atoms with Crippen LogP contribution in [0.3, 0.4) is 0 Å². The van der Waals surface area contributed by atoms with Crippen LogP contribution in [0.25, 0.3) is 0 Å². The number of ether oxygens (including phenoxy) is 1. The number of carbonyl (C=O) groups excluding carboxylic acids is 1. The van der Waals surface area contributed by atoms with Crippen molar-refractivity contribution in [1.29, 1.82) is 0 Å². The molecule has 1 rings (SSSR count). The third kappa shape index (κ3) is 3.57. The Morgan fingerprint density at radius 1 is 1.47 bits per heavy atom. The van der Waals surface area contributed by atoms with Gasteiger partial charge in [-0.25, -0.2) is 4.79 Å². The molecule has 0 saturated carbocycles. The highest BCUT2D eigenvalue weighted by Gasteiger charge is 2.06. The topological polar surface area (TPSA) is 26.3 Å². The van der Waals surface area contributed by atoms with E-state index in [2.05, 4.69) is 6.58 Å². The number of esters is 1. The van der Waals surface area contributed by atoms with Gasteiger partial charge in [0.15, 0.2) is 0 Å². The largest absolute Gasteiger partial charge is 0.457 e. The lowest BCUT2D eigenvalue weighted by Gasteiger charge is -2.06. The maximum atomic E-state index is 11.1. The fourth-order valence-electron chi connectivity index (χ4n) is 0.920. The molecule has 0 atom stereocenters. The van der Waals surface area contributed by atoms with Gasteiger partial charge in [-0.05, 0) is 25.1 Å². The van der Waals surface area contributed by atoms with Crippen molar-refractivity contribution in [3.05, 3.63) is 46.0 Å². The molecule has 0 saturated heterocycles. The van der Waals surface area contributed by atoms with Crippen LogP contribution in [-0.2, 0) is 16.1 Å². The SMILES string of the molecule is C=C(C)C(=O)OCc1cc(Cl)ccc1Cl. The predicted octanol–water partition coefficient (Wildman–Crippen LogP) is 3.61. The minimum atomic E-state index is -0.439. The van der Waals surface area contributed by atoms with Crippen LogP contribution in [0, 0.1) is 0 Å². The first-order valence-electron chi connectivity index (χ1n) is 4.27. The van der Waals surface area contributed by atoms with Gasteiger partial charge < -0.3 is 4.74 Å². The van der Waals surface area contributed by atoms with Gasteiger partial charge in [-0.1, -0.05) is 29.8 Å². The number of carbonyl (C=O) groups is 1. The lowest BCUT2D eigenvalue weighted by atomic mass is 10.2. The molecule has 0 aromatic heterocycles. The highest BCUT2D eigenvalue weighted by molar-refractivity contribution is 6.33. The molecule has 0 aliphatic rings. The van der Waals surface area contributed by atoms with E-state index < -0.39 is 5.97 Å². The van der Waals surface area contributed by atoms with E-state index in [9.17, 15) is 4.79 Å². The molecule has 0 bridgehead atoms. The molecule has 0 N–H and O–H groups in total. The first kappa shape index (κ1) is 12.1. The summed E-state index contributed by atoms with van der Waals surface area (Å²) in [4.78, 5) is 11.1. The van der Waals surface area contributed by atoms with Gasteiger partial charge in [0, 0.05) is 21.2 Å². The van der Waals surface area contributed by atoms with Gasteiger partial charge in [-0.15, -0.1) is 0 Å². The van der Waals surface area contributed by atoms with Gasteiger partial charge in [-0.3, -0.25) is 0 Å². The average molecular weight is 245 g/mol.